The van der Waals surface area contributed by atoms with E-state index in [1.54, 1.807) is 0 Å². The lowest BCUT2D eigenvalue weighted by Crippen LogP contribution is -2.55. The Balaban J connectivity index is 2.68. The van der Waals surface area contributed by atoms with Gasteiger partial charge in [0.25, 0.3) is 0 Å². The summed E-state index contributed by atoms with van der Waals surface area (Å²) >= 11 is 0. The molecule has 0 radical (unpaired) electrons. The summed E-state index contributed by atoms with van der Waals surface area (Å²) in [5.74, 6) is -1.25. The Hall–Kier alpha value is -1.83. The molecule has 0 aromatic heterocycles. The summed E-state index contributed by atoms with van der Waals surface area (Å²) < 4.78 is 5.05. The smallest absolute Gasteiger partial charge is 0.242 e. The lowest BCUT2D eigenvalue weighted by Gasteiger charge is -2.33. The summed E-state index contributed by atoms with van der Waals surface area (Å²) in [4.78, 5) is 24.0. The molecule has 8 heteroatoms. The zero-order chi connectivity index (χ0) is 12.1. The van der Waals surface area contributed by atoms with E-state index in [9.17, 15) is 9.59 Å². The van der Waals surface area contributed by atoms with Gasteiger partial charge in [-0.25, -0.2) is 0 Å². The lowest BCUT2D eigenvalue weighted by molar-refractivity contribution is -0.146. The Kier molecular flexibility index (Phi) is 4.06. The molecule has 1 saturated heterocycles. The van der Waals surface area contributed by atoms with Gasteiger partial charge in [-0.2, -0.15) is 0 Å². The van der Waals surface area contributed by atoms with E-state index in [1.165, 1.54) is 4.90 Å². The van der Waals surface area contributed by atoms with Crippen molar-refractivity contribution in [1.82, 2.24) is 4.90 Å². The molecule has 1 rings (SSSR count). The molecule has 90 valence electrons. The summed E-state index contributed by atoms with van der Waals surface area (Å²) in [7, 11) is 0. The number of primary amides is 1. The van der Waals surface area contributed by atoms with Gasteiger partial charge in [0.05, 0.1) is 19.6 Å². The van der Waals surface area contributed by atoms with Crippen molar-refractivity contribution in [2.45, 2.75) is 12.5 Å². The normalized spacial score (nSPS) is 21.9. The number of carbonyl (C=O) groups is 2. The Bertz CT molecular complexity index is 317. The molecular weight excluding hydrogens is 216 g/mol. The summed E-state index contributed by atoms with van der Waals surface area (Å²) in [5, 5.41) is 11.0. The minimum absolute atomic E-state index is 0.0806. The Morgan fingerprint density at radius 3 is 2.75 bits per heavy atom. The highest BCUT2D eigenvalue weighted by Crippen LogP contribution is 2.08. The van der Waals surface area contributed by atoms with E-state index in [2.05, 4.69) is 5.16 Å². The van der Waals surface area contributed by atoms with Crippen molar-refractivity contribution in [1.29, 1.82) is 0 Å². The van der Waals surface area contributed by atoms with Gasteiger partial charge in [-0.05, 0) is 0 Å². The zero-order valence-corrected chi connectivity index (χ0v) is 8.63. The van der Waals surface area contributed by atoms with Gasteiger partial charge in [0.2, 0.25) is 11.8 Å². The van der Waals surface area contributed by atoms with Crippen LogP contribution in [0.2, 0.25) is 0 Å². The van der Waals surface area contributed by atoms with Gasteiger partial charge in [0.15, 0.2) is 0 Å². The largest absolute Gasteiger partial charge is 0.409 e. The lowest BCUT2D eigenvalue weighted by atomic mass is 10.2. The first-order valence-electron chi connectivity index (χ1n) is 4.69. The van der Waals surface area contributed by atoms with Gasteiger partial charge in [-0.15, -0.1) is 0 Å². The van der Waals surface area contributed by atoms with Crippen LogP contribution in [0.5, 0.6) is 0 Å². The zero-order valence-electron chi connectivity index (χ0n) is 8.63. The molecule has 1 atom stereocenters. The van der Waals surface area contributed by atoms with Gasteiger partial charge in [0, 0.05) is 6.54 Å². The van der Waals surface area contributed by atoms with Crippen molar-refractivity contribution in [3.8, 4) is 0 Å². The van der Waals surface area contributed by atoms with Crippen LogP contribution in [0.1, 0.15) is 6.42 Å². The third kappa shape index (κ3) is 2.83. The summed E-state index contributed by atoms with van der Waals surface area (Å²) in [6.07, 6.45) is -0.250. The molecule has 5 N–H and O–H groups in total. The van der Waals surface area contributed by atoms with Crippen LogP contribution in [0.25, 0.3) is 0 Å². The van der Waals surface area contributed by atoms with Gasteiger partial charge in [0.1, 0.15) is 11.9 Å². The molecule has 1 fully saturated rings. The Morgan fingerprint density at radius 1 is 1.50 bits per heavy atom. The maximum Gasteiger partial charge on any atom is 0.242 e. The van der Waals surface area contributed by atoms with Crippen molar-refractivity contribution in [2.75, 3.05) is 19.8 Å². The third-order valence-corrected chi connectivity index (χ3v) is 2.24. The standard InChI is InChI=1S/C8H14N4O4/c9-6(11-15)3-7(13)12-1-2-16-4-5(12)8(10)14/h5,15H,1-4H2,(H2,9,11)(H2,10,14). The average Bonchev–Trinajstić information content (AvgIpc) is 2.28. The number of rotatable bonds is 3. The van der Waals surface area contributed by atoms with Gasteiger partial charge in [-0.1, -0.05) is 5.16 Å². The molecule has 0 aliphatic carbocycles. The highest BCUT2D eigenvalue weighted by atomic mass is 16.5. The van der Waals surface area contributed by atoms with Crippen LogP contribution in [0, 0.1) is 0 Å². The van der Waals surface area contributed by atoms with Crippen molar-refractivity contribution in [2.24, 2.45) is 16.6 Å². The molecule has 0 bridgehead atoms. The van der Waals surface area contributed by atoms with Gasteiger partial charge >= 0.3 is 0 Å². The molecule has 0 aromatic rings. The van der Waals surface area contributed by atoms with Crippen LogP contribution >= 0.6 is 0 Å². The van der Waals surface area contributed by atoms with E-state index < -0.39 is 17.9 Å². The van der Waals surface area contributed by atoms with Crippen LogP contribution in [-0.4, -0.2) is 53.6 Å². The SMILES string of the molecule is NC(=O)C1COCCN1C(=O)CC(N)=NO. The first-order chi connectivity index (χ1) is 7.56. The second-order valence-electron chi connectivity index (χ2n) is 3.35. The molecule has 1 heterocycles. The Morgan fingerprint density at radius 2 is 2.19 bits per heavy atom. The van der Waals surface area contributed by atoms with Crippen LogP contribution in [0.3, 0.4) is 0 Å². The fraction of sp³-hybridized carbons (Fsp3) is 0.625. The highest BCUT2D eigenvalue weighted by molar-refractivity contribution is 6.00. The Labute approximate surface area is 91.8 Å². The molecule has 2 amide bonds. The first kappa shape index (κ1) is 12.2. The number of morpholine rings is 1. The number of amides is 2. The van der Waals surface area contributed by atoms with Crippen LogP contribution in [0.4, 0.5) is 0 Å². The van der Waals surface area contributed by atoms with E-state index in [-0.39, 0.29) is 25.4 Å². The number of nitrogens with two attached hydrogens (primary N) is 2. The van der Waals surface area contributed by atoms with E-state index in [0.717, 1.165) is 0 Å². The van der Waals surface area contributed by atoms with Crippen LogP contribution < -0.4 is 11.5 Å². The van der Waals surface area contributed by atoms with Gasteiger partial charge < -0.3 is 26.3 Å². The topological polar surface area (TPSA) is 131 Å². The first-order valence-corrected chi connectivity index (χ1v) is 4.69. The number of amidine groups is 1. The highest BCUT2D eigenvalue weighted by Gasteiger charge is 2.31. The number of hydrogen-bond donors (Lipinski definition) is 3. The van der Waals surface area contributed by atoms with Crippen molar-refractivity contribution >= 4 is 17.6 Å². The van der Waals surface area contributed by atoms with Crippen molar-refractivity contribution < 1.29 is 19.5 Å². The molecule has 0 spiro atoms. The number of ether oxygens (including phenoxy) is 1. The maximum atomic E-state index is 11.7. The molecular formula is C8H14N4O4. The fourth-order valence-electron chi connectivity index (χ4n) is 1.43. The summed E-state index contributed by atoms with van der Waals surface area (Å²) in [6, 6.07) is -0.784. The second kappa shape index (κ2) is 5.31. The molecule has 0 saturated carbocycles. The number of oxime groups is 1. The maximum absolute atomic E-state index is 11.7. The molecule has 0 aromatic carbocycles. The van der Waals surface area contributed by atoms with Crippen molar-refractivity contribution in [3.05, 3.63) is 0 Å². The third-order valence-electron chi connectivity index (χ3n) is 2.24. The van der Waals surface area contributed by atoms with Gasteiger partial charge in [-0.3, -0.25) is 9.59 Å². The van der Waals surface area contributed by atoms with E-state index in [0.29, 0.717) is 6.61 Å². The van der Waals surface area contributed by atoms with Crippen LogP contribution in [0.15, 0.2) is 5.16 Å². The minimum atomic E-state index is -0.784. The van der Waals surface area contributed by atoms with Crippen LogP contribution in [-0.2, 0) is 14.3 Å². The molecule has 8 nitrogen and oxygen atoms in total. The number of carbonyl (C=O) groups excluding carboxylic acids is 2. The molecule has 1 unspecified atom stereocenters. The quantitative estimate of drug-likeness (QED) is 0.220. The fourth-order valence-corrected chi connectivity index (χ4v) is 1.43. The summed E-state index contributed by atoms with van der Waals surface area (Å²) in [5.41, 5.74) is 10.3. The van der Waals surface area contributed by atoms with E-state index in [4.69, 9.17) is 21.4 Å². The van der Waals surface area contributed by atoms with Crippen molar-refractivity contribution in [3.63, 3.8) is 0 Å². The monoisotopic (exact) mass is 230 g/mol. The second-order valence-corrected chi connectivity index (χ2v) is 3.35. The molecule has 1 aliphatic rings. The number of hydrogen-bond acceptors (Lipinski definition) is 5. The average molecular weight is 230 g/mol. The summed E-state index contributed by atoms with van der Waals surface area (Å²) in [6.45, 7) is 0.689. The predicted molar refractivity (Wildman–Crippen MR) is 53.5 cm³/mol. The molecule has 1 aliphatic heterocycles. The minimum Gasteiger partial charge on any atom is -0.409 e. The van der Waals surface area contributed by atoms with E-state index >= 15 is 0 Å². The molecule has 16 heavy (non-hydrogen) atoms. The number of nitrogens with zero attached hydrogens (tertiary/aromatic N) is 2. The van der Waals surface area contributed by atoms with E-state index in [1.807, 2.05) is 0 Å². The predicted octanol–water partition coefficient (Wildman–Crippen LogP) is -2.16.